The Morgan fingerprint density at radius 2 is 0.500 bits per heavy atom. The molecule has 0 spiro atoms. The molecular formula is BeEuF4. The molecule has 0 rings (SSSR count). The molecule has 0 aliphatic rings. The van der Waals surface area contributed by atoms with E-state index in [9.17, 15) is 0 Å². The first-order chi connectivity index (χ1) is 0. The third-order valence-corrected chi connectivity index (χ3v) is 0. The molecule has 0 amide bonds. The van der Waals surface area contributed by atoms with Crippen LogP contribution in [0.25, 0.3) is 0 Å². The fourth-order valence-corrected chi connectivity index (χ4v) is 0. The van der Waals surface area contributed by atoms with E-state index in [2.05, 4.69) is 0 Å². The molecule has 37 valence electrons. The molecular weight excluding hydrogens is 237 g/mol. The molecule has 0 nitrogen and oxygen atoms in total. The number of hydrogen-bond donors (Lipinski definition) is 0. The van der Waals surface area contributed by atoms with Crippen molar-refractivity contribution >= 4 is 10.1 Å². The van der Waals surface area contributed by atoms with Gasteiger partial charge in [0.2, 0.25) is 0 Å². The summed E-state index contributed by atoms with van der Waals surface area (Å²) in [6.07, 6.45) is 0. The van der Waals surface area contributed by atoms with Crippen LogP contribution in [0.3, 0.4) is 0 Å². The van der Waals surface area contributed by atoms with Gasteiger partial charge in [0, 0.05) is 0 Å². The Balaban J connectivity index is 0. The van der Waals surface area contributed by atoms with Crippen molar-refractivity contribution in [3.8, 4) is 0 Å². The average Bonchev–Trinajstić information content (AvgIpc) is 0. The summed E-state index contributed by atoms with van der Waals surface area (Å²) in [5.41, 5.74) is 0. The Morgan fingerprint density at radius 3 is 0.500 bits per heavy atom. The Labute approximate surface area is 77.3 Å². The van der Waals surface area contributed by atoms with Crippen LogP contribution >= 0.6 is 0 Å². The molecule has 0 aromatic heterocycles. The van der Waals surface area contributed by atoms with Gasteiger partial charge in [-0.05, 0) is 0 Å². The van der Waals surface area contributed by atoms with E-state index in [0.29, 0.717) is 0 Å². The van der Waals surface area contributed by atoms with Crippen LogP contribution in [0, 0.1) is 49.4 Å². The molecule has 0 saturated heterocycles. The summed E-state index contributed by atoms with van der Waals surface area (Å²) in [5.74, 6) is 0. The van der Waals surface area contributed by atoms with E-state index in [1.165, 1.54) is 0 Å². The molecule has 0 atom stereocenters. The molecule has 0 aliphatic heterocycles. The second-order valence-electron chi connectivity index (χ2n) is 0. The van der Waals surface area contributed by atoms with E-state index in [-0.39, 0.29) is 78.3 Å². The van der Waals surface area contributed by atoms with Gasteiger partial charge in [-0.1, -0.05) is 0 Å². The molecule has 0 fully saturated rings. The molecule has 6 heteroatoms. The van der Waals surface area contributed by atoms with Gasteiger partial charge in [0.15, 0.2) is 0 Å². The number of halogens is 4. The predicted molar refractivity (Wildman–Crippen MR) is 5.75 cm³/mol. The van der Waals surface area contributed by atoms with Crippen molar-refractivity contribution in [3.05, 3.63) is 0 Å². The summed E-state index contributed by atoms with van der Waals surface area (Å²) in [6.45, 7) is 0. The molecule has 0 heterocycles. The minimum absolute atomic E-state index is 0. The van der Waals surface area contributed by atoms with E-state index in [0.717, 1.165) is 0 Å². The van der Waals surface area contributed by atoms with E-state index in [1.54, 1.807) is 0 Å². The van der Waals surface area contributed by atoms with E-state index in [1.807, 2.05) is 0 Å². The molecule has 0 aliphatic carbocycles. The summed E-state index contributed by atoms with van der Waals surface area (Å²) < 4.78 is 0. The SMILES string of the molecule is [Be+2].[Eu+2].[F-].[F-].[F-].[F-]. The van der Waals surface area contributed by atoms with Gasteiger partial charge in [-0.3, -0.25) is 0 Å². The van der Waals surface area contributed by atoms with Gasteiger partial charge >= 0.3 is 59.5 Å². The quantitative estimate of drug-likeness (QED) is 0.290. The van der Waals surface area contributed by atoms with Crippen molar-refractivity contribution < 1.29 is 68.2 Å². The first-order valence-corrected chi connectivity index (χ1v) is 0. The molecule has 0 saturated carbocycles. The van der Waals surface area contributed by atoms with Gasteiger partial charge in [-0.25, -0.2) is 0 Å². The Morgan fingerprint density at radius 1 is 0.500 bits per heavy atom. The Kier molecular flexibility index (Phi) is 2150. The zero-order valence-corrected chi connectivity index (χ0v) is 5.02. The van der Waals surface area contributed by atoms with Crippen LogP contribution in [-0.2, 0) is 0 Å². The molecule has 0 aromatic carbocycles. The Hall–Kier alpha value is 1.47. The van der Waals surface area contributed by atoms with Gasteiger partial charge in [-0.2, -0.15) is 0 Å². The van der Waals surface area contributed by atoms with Crippen molar-refractivity contribution in [1.29, 1.82) is 0 Å². The molecule has 0 bridgehead atoms. The maximum absolute atomic E-state index is 0. The largest absolute Gasteiger partial charge is 2.00 e. The van der Waals surface area contributed by atoms with Gasteiger partial charge in [-0.15, -0.1) is 0 Å². The maximum atomic E-state index is 0. The fraction of sp³-hybridized carbons (Fsp3) is 0. The van der Waals surface area contributed by atoms with Crippen molar-refractivity contribution in [2.75, 3.05) is 0 Å². The summed E-state index contributed by atoms with van der Waals surface area (Å²) in [5, 5.41) is 0. The molecule has 6 heavy (non-hydrogen) atoms. The van der Waals surface area contributed by atoms with Crippen molar-refractivity contribution in [2.45, 2.75) is 0 Å². The monoisotopic (exact) mass is 238 g/mol. The Bertz CT molecular complexity index is 7.51. The van der Waals surface area contributed by atoms with Crippen molar-refractivity contribution in [3.63, 3.8) is 0 Å². The summed E-state index contributed by atoms with van der Waals surface area (Å²) in [4.78, 5) is 0. The minimum Gasteiger partial charge on any atom is -1.00 e. The van der Waals surface area contributed by atoms with E-state index in [4.69, 9.17) is 0 Å². The number of rotatable bonds is 0. The van der Waals surface area contributed by atoms with Crippen LogP contribution in [0.5, 0.6) is 0 Å². The molecule has 0 unspecified atom stereocenters. The summed E-state index contributed by atoms with van der Waals surface area (Å²) in [6, 6.07) is 0. The van der Waals surface area contributed by atoms with Crippen LogP contribution in [0.4, 0.5) is 0 Å². The van der Waals surface area contributed by atoms with Gasteiger partial charge in [0.25, 0.3) is 0 Å². The smallest absolute Gasteiger partial charge is 1.00 e. The van der Waals surface area contributed by atoms with Gasteiger partial charge in [0.1, 0.15) is 0 Å². The first kappa shape index (κ1) is 144. The van der Waals surface area contributed by atoms with E-state index < -0.39 is 0 Å². The molecule has 0 N–H and O–H groups in total. The predicted octanol–water partition coefficient (Wildman–Crippen LogP) is -12.4. The zero-order chi connectivity index (χ0) is 0. The van der Waals surface area contributed by atoms with E-state index >= 15 is 0 Å². The van der Waals surface area contributed by atoms with Crippen LogP contribution in [0.15, 0.2) is 0 Å². The normalized spacial score (nSPS) is 0. The van der Waals surface area contributed by atoms with Crippen LogP contribution in [-0.4, -0.2) is 10.1 Å². The third kappa shape index (κ3) is 50.5. The first-order valence-electron chi connectivity index (χ1n) is 0. The second-order valence-corrected chi connectivity index (χ2v) is 0. The van der Waals surface area contributed by atoms with Crippen molar-refractivity contribution in [1.82, 2.24) is 0 Å². The van der Waals surface area contributed by atoms with Crippen LogP contribution < -0.4 is 18.8 Å². The summed E-state index contributed by atoms with van der Waals surface area (Å²) >= 11 is 0. The maximum Gasteiger partial charge on any atom is 2.00 e. The minimum atomic E-state index is 0. The summed E-state index contributed by atoms with van der Waals surface area (Å²) in [7, 11) is 0. The van der Waals surface area contributed by atoms with Crippen molar-refractivity contribution in [2.24, 2.45) is 0 Å². The molecule has 1 radical (unpaired) electrons. The van der Waals surface area contributed by atoms with Gasteiger partial charge < -0.3 is 18.8 Å². The third-order valence-electron chi connectivity index (χ3n) is 0. The fourth-order valence-electron chi connectivity index (χ4n) is 0. The second kappa shape index (κ2) is 89.3. The topological polar surface area (TPSA) is 0 Å². The van der Waals surface area contributed by atoms with Crippen LogP contribution in [0.2, 0.25) is 0 Å². The number of hydrogen-bond acceptors (Lipinski definition) is 0. The van der Waals surface area contributed by atoms with Crippen LogP contribution in [0.1, 0.15) is 0 Å². The van der Waals surface area contributed by atoms with Gasteiger partial charge in [0.05, 0.1) is 0 Å². The average molecular weight is 237 g/mol. The standard InChI is InChI=1S/Be.Eu.4FH/h;;4*1H/q2*+2;;;;/p-4. The molecule has 0 aromatic rings. The zero-order valence-electron chi connectivity index (χ0n) is 2.60.